The fourth-order valence-electron chi connectivity index (χ4n) is 1.63. The van der Waals surface area contributed by atoms with E-state index in [-0.39, 0.29) is 22.7 Å². The lowest BCUT2D eigenvalue weighted by molar-refractivity contribution is -0.0498. The zero-order chi connectivity index (χ0) is 15.4. The van der Waals surface area contributed by atoms with Crippen LogP contribution < -0.4 is 10.1 Å². The summed E-state index contributed by atoms with van der Waals surface area (Å²) in [6, 6.07) is 7.08. The summed E-state index contributed by atoms with van der Waals surface area (Å²) in [5, 5.41) is 15.3. The summed E-state index contributed by atoms with van der Waals surface area (Å²) in [4.78, 5) is 12.0. The lowest BCUT2D eigenvalue weighted by atomic mass is 10.2. The van der Waals surface area contributed by atoms with E-state index in [9.17, 15) is 13.6 Å². The number of alkyl halides is 2. The monoisotopic (exact) mass is 292 g/mol. The highest BCUT2D eigenvalue weighted by Crippen LogP contribution is 2.17. The molecule has 0 unspecified atom stereocenters. The van der Waals surface area contributed by atoms with Crippen LogP contribution >= 0.6 is 0 Å². The summed E-state index contributed by atoms with van der Waals surface area (Å²) in [5.41, 5.74) is 0.453. The molecule has 21 heavy (non-hydrogen) atoms. The van der Waals surface area contributed by atoms with Gasteiger partial charge in [-0.15, -0.1) is 0 Å². The van der Waals surface area contributed by atoms with Gasteiger partial charge in [0.2, 0.25) is 0 Å². The van der Waals surface area contributed by atoms with Crippen LogP contribution in [0.5, 0.6) is 5.75 Å². The fraction of sp³-hybridized carbons (Fsp3) is 0.154. The van der Waals surface area contributed by atoms with Crippen LogP contribution in [0.1, 0.15) is 15.9 Å². The molecule has 0 saturated heterocycles. The Morgan fingerprint density at radius 3 is 2.67 bits per heavy atom. The minimum atomic E-state index is -2.92. The number of amides is 1. The molecule has 0 fully saturated rings. The molecule has 2 rings (SSSR count). The molecule has 0 aliphatic rings. The molecule has 0 radical (unpaired) electrons. The zero-order valence-corrected chi connectivity index (χ0v) is 10.9. The molecule has 6 nitrogen and oxygen atoms in total. The lowest BCUT2D eigenvalue weighted by Gasteiger charge is -2.06. The number of carbonyl (C=O) groups excluding carboxylic acids is 1. The van der Waals surface area contributed by atoms with E-state index in [4.69, 9.17) is 5.26 Å². The van der Waals surface area contributed by atoms with Gasteiger partial charge >= 0.3 is 6.61 Å². The van der Waals surface area contributed by atoms with Crippen molar-refractivity contribution < 1.29 is 18.3 Å². The minimum absolute atomic E-state index is 0.0444. The highest BCUT2D eigenvalue weighted by atomic mass is 19.3. The second-order valence-corrected chi connectivity index (χ2v) is 4.03. The molecule has 1 N–H and O–H groups in total. The van der Waals surface area contributed by atoms with E-state index in [1.165, 1.54) is 35.1 Å². The van der Waals surface area contributed by atoms with Crippen molar-refractivity contribution in [1.82, 2.24) is 9.78 Å². The molecule has 1 aromatic carbocycles. The first-order chi connectivity index (χ1) is 9.99. The van der Waals surface area contributed by atoms with Crippen molar-refractivity contribution in [3.8, 4) is 11.8 Å². The Kier molecular flexibility index (Phi) is 4.13. The maximum Gasteiger partial charge on any atom is 0.387 e. The predicted molar refractivity (Wildman–Crippen MR) is 69.0 cm³/mol. The Morgan fingerprint density at radius 2 is 2.10 bits per heavy atom. The smallest absolute Gasteiger partial charge is 0.387 e. The number of carbonyl (C=O) groups is 1. The van der Waals surface area contributed by atoms with Crippen LogP contribution in [0.4, 0.5) is 14.6 Å². The zero-order valence-electron chi connectivity index (χ0n) is 10.9. The predicted octanol–water partition coefficient (Wildman–Crippen LogP) is 2.15. The summed E-state index contributed by atoms with van der Waals surface area (Å²) in [5.74, 6) is -0.413. The first kappa shape index (κ1) is 14.5. The van der Waals surface area contributed by atoms with E-state index in [2.05, 4.69) is 15.2 Å². The number of aryl methyl sites for hydroxylation is 1. The van der Waals surface area contributed by atoms with Crippen LogP contribution in [-0.2, 0) is 7.05 Å². The molecular formula is C13H10F2N4O2. The molecule has 0 atom stereocenters. The van der Waals surface area contributed by atoms with Crippen molar-refractivity contribution in [2.45, 2.75) is 6.61 Å². The number of nitriles is 1. The molecule has 0 aliphatic carbocycles. The number of halogens is 2. The van der Waals surface area contributed by atoms with Gasteiger partial charge in [0.1, 0.15) is 17.4 Å². The Hall–Kier alpha value is -2.95. The molecule has 0 aliphatic heterocycles. The maximum atomic E-state index is 12.0. The van der Waals surface area contributed by atoms with Gasteiger partial charge in [0, 0.05) is 18.8 Å². The summed E-state index contributed by atoms with van der Waals surface area (Å²) in [6.07, 6.45) is 1.47. The first-order valence-corrected chi connectivity index (χ1v) is 5.79. The standard InChI is InChI=1S/C13H10F2N4O2/c1-19-7-9(6-16)11(18-19)17-12(20)8-2-4-10(5-3-8)21-13(14)15/h2-5,7,13H,1H3,(H,17,18,20). The van der Waals surface area contributed by atoms with Crippen molar-refractivity contribution in [2.75, 3.05) is 5.32 Å². The van der Waals surface area contributed by atoms with Gasteiger partial charge in [-0.2, -0.15) is 19.1 Å². The van der Waals surface area contributed by atoms with Gasteiger partial charge in [0.05, 0.1) is 0 Å². The number of ether oxygens (including phenoxy) is 1. The SMILES string of the molecule is Cn1cc(C#N)c(NC(=O)c2ccc(OC(F)F)cc2)n1. The molecule has 108 valence electrons. The molecule has 8 heteroatoms. The van der Waals surface area contributed by atoms with Crippen molar-refractivity contribution in [3.63, 3.8) is 0 Å². The number of aromatic nitrogens is 2. The minimum Gasteiger partial charge on any atom is -0.435 e. The highest BCUT2D eigenvalue weighted by molar-refractivity contribution is 6.04. The van der Waals surface area contributed by atoms with E-state index in [1.807, 2.05) is 6.07 Å². The highest BCUT2D eigenvalue weighted by Gasteiger charge is 2.13. The van der Waals surface area contributed by atoms with Crippen LogP contribution in [0.25, 0.3) is 0 Å². The van der Waals surface area contributed by atoms with E-state index in [1.54, 1.807) is 7.05 Å². The van der Waals surface area contributed by atoms with Gasteiger partial charge in [-0.05, 0) is 24.3 Å². The van der Waals surface area contributed by atoms with Gasteiger partial charge < -0.3 is 10.1 Å². The first-order valence-electron chi connectivity index (χ1n) is 5.79. The molecule has 1 heterocycles. The van der Waals surface area contributed by atoms with Crippen LogP contribution in [0.2, 0.25) is 0 Å². The number of nitrogens with zero attached hydrogens (tertiary/aromatic N) is 3. The van der Waals surface area contributed by atoms with Crippen LogP contribution in [0, 0.1) is 11.3 Å². The number of rotatable bonds is 4. The van der Waals surface area contributed by atoms with Crippen molar-refractivity contribution >= 4 is 11.7 Å². The Bertz CT molecular complexity index is 689. The van der Waals surface area contributed by atoms with Crippen LogP contribution in [0.15, 0.2) is 30.5 Å². The number of benzene rings is 1. The molecule has 2 aromatic rings. The van der Waals surface area contributed by atoms with Gasteiger partial charge in [-0.1, -0.05) is 0 Å². The summed E-state index contributed by atoms with van der Waals surface area (Å²) >= 11 is 0. The summed E-state index contributed by atoms with van der Waals surface area (Å²) in [6.45, 7) is -2.92. The average molecular weight is 292 g/mol. The number of nitrogens with one attached hydrogen (secondary N) is 1. The van der Waals surface area contributed by atoms with E-state index in [0.717, 1.165) is 0 Å². The third-order valence-corrected chi connectivity index (χ3v) is 2.52. The number of anilines is 1. The molecule has 0 spiro atoms. The van der Waals surface area contributed by atoms with Gasteiger partial charge in [-0.25, -0.2) is 0 Å². The average Bonchev–Trinajstić information content (AvgIpc) is 2.78. The third kappa shape index (κ3) is 3.54. The summed E-state index contributed by atoms with van der Waals surface area (Å²) in [7, 11) is 1.62. The number of hydrogen-bond acceptors (Lipinski definition) is 4. The van der Waals surface area contributed by atoms with Crippen LogP contribution in [-0.4, -0.2) is 22.3 Å². The molecule has 1 aromatic heterocycles. The van der Waals surface area contributed by atoms with Crippen molar-refractivity contribution in [1.29, 1.82) is 5.26 Å². The van der Waals surface area contributed by atoms with Crippen molar-refractivity contribution in [2.24, 2.45) is 7.05 Å². The van der Waals surface area contributed by atoms with Crippen molar-refractivity contribution in [3.05, 3.63) is 41.6 Å². The Morgan fingerprint density at radius 1 is 1.43 bits per heavy atom. The lowest BCUT2D eigenvalue weighted by Crippen LogP contribution is -2.13. The topological polar surface area (TPSA) is 79.9 Å². The third-order valence-electron chi connectivity index (χ3n) is 2.52. The van der Waals surface area contributed by atoms with Gasteiger partial charge in [-0.3, -0.25) is 9.48 Å². The van der Waals surface area contributed by atoms with Crippen LogP contribution in [0.3, 0.4) is 0 Å². The normalized spacial score (nSPS) is 10.2. The summed E-state index contributed by atoms with van der Waals surface area (Å²) < 4.78 is 29.6. The van der Waals surface area contributed by atoms with Gasteiger partial charge in [0.25, 0.3) is 5.91 Å². The Balaban J connectivity index is 2.11. The molecule has 1 amide bonds. The maximum absolute atomic E-state index is 12.0. The molecule has 0 bridgehead atoms. The van der Waals surface area contributed by atoms with E-state index >= 15 is 0 Å². The van der Waals surface area contributed by atoms with E-state index < -0.39 is 12.5 Å². The van der Waals surface area contributed by atoms with E-state index in [0.29, 0.717) is 0 Å². The number of hydrogen-bond donors (Lipinski definition) is 1. The largest absolute Gasteiger partial charge is 0.435 e. The second-order valence-electron chi connectivity index (χ2n) is 4.03. The molecule has 0 saturated carbocycles. The second kappa shape index (κ2) is 6.00. The Labute approximate surface area is 118 Å². The molecular weight excluding hydrogens is 282 g/mol. The van der Waals surface area contributed by atoms with Gasteiger partial charge in [0.15, 0.2) is 5.82 Å². The quantitative estimate of drug-likeness (QED) is 0.936. The fourth-order valence-corrected chi connectivity index (χ4v) is 1.63.